The first-order valence-corrected chi connectivity index (χ1v) is 14.8. The molecule has 0 radical (unpaired) electrons. The number of aliphatic hydroxyl groups is 1. The third-order valence-corrected chi connectivity index (χ3v) is 8.49. The minimum atomic E-state index is -5.05. The number of ether oxygens (including phenoxy) is 2. The Labute approximate surface area is 250 Å². The highest BCUT2D eigenvalue weighted by atomic mass is 32.2. The Morgan fingerprint density at radius 3 is 2.51 bits per heavy atom. The fourth-order valence-corrected chi connectivity index (χ4v) is 6.23. The van der Waals surface area contributed by atoms with Crippen LogP contribution in [-0.2, 0) is 25.7 Å². The second-order valence-corrected chi connectivity index (χ2v) is 11.4. The minimum absolute atomic E-state index is 0.0742. The molecular formula is C30H31F3N4O5S. The highest BCUT2D eigenvalue weighted by Gasteiger charge is 2.47. The van der Waals surface area contributed by atoms with Crippen LogP contribution in [0.5, 0.6) is 0 Å². The Balaban J connectivity index is 1.35. The summed E-state index contributed by atoms with van der Waals surface area (Å²) in [5, 5.41) is 12.7. The van der Waals surface area contributed by atoms with E-state index in [1.165, 1.54) is 11.8 Å². The number of nitrogens with one attached hydrogen (secondary N) is 1. The number of alkyl halides is 3. The molecule has 2 aliphatic heterocycles. The molecule has 0 aliphatic carbocycles. The van der Waals surface area contributed by atoms with Gasteiger partial charge in [-0.3, -0.25) is 9.59 Å². The number of rotatable bonds is 8. The van der Waals surface area contributed by atoms with Gasteiger partial charge in [0.05, 0.1) is 18.8 Å². The van der Waals surface area contributed by atoms with Crippen LogP contribution in [0.25, 0.3) is 0 Å². The summed E-state index contributed by atoms with van der Waals surface area (Å²) in [6.45, 7) is 1.82. The number of amides is 2. The van der Waals surface area contributed by atoms with Gasteiger partial charge in [-0.2, -0.15) is 13.2 Å². The number of hydrogen-bond donors (Lipinski definition) is 2. The lowest BCUT2D eigenvalue weighted by Gasteiger charge is -2.41. The Morgan fingerprint density at radius 2 is 1.81 bits per heavy atom. The fraction of sp³-hybridized carbons (Fsp3) is 0.400. The van der Waals surface area contributed by atoms with Crippen LogP contribution in [-0.4, -0.2) is 62.4 Å². The van der Waals surface area contributed by atoms with E-state index >= 15 is 0 Å². The highest BCUT2D eigenvalue weighted by molar-refractivity contribution is 7.99. The topological polar surface area (TPSA) is 114 Å². The summed E-state index contributed by atoms with van der Waals surface area (Å²) in [6.07, 6.45) is -2.75. The Morgan fingerprint density at radius 1 is 1.07 bits per heavy atom. The van der Waals surface area contributed by atoms with Crippen LogP contribution in [0, 0.1) is 5.92 Å². The number of halogens is 3. The van der Waals surface area contributed by atoms with Crippen LogP contribution in [0.4, 0.5) is 18.9 Å². The number of carbonyl (C=O) groups is 2. The van der Waals surface area contributed by atoms with Gasteiger partial charge in [-0.15, -0.1) is 0 Å². The van der Waals surface area contributed by atoms with Gasteiger partial charge in [-0.05, 0) is 42.2 Å². The summed E-state index contributed by atoms with van der Waals surface area (Å²) in [5.74, 6) is -2.24. The molecule has 2 N–H and O–H groups in total. The zero-order valence-electron chi connectivity index (χ0n) is 23.2. The minimum Gasteiger partial charge on any atom is -0.392 e. The maximum absolute atomic E-state index is 13.1. The first-order valence-electron chi connectivity index (χ1n) is 13.8. The predicted octanol–water partition coefficient (Wildman–Crippen LogP) is 5.04. The van der Waals surface area contributed by atoms with Crippen LogP contribution in [0.1, 0.15) is 48.8 Å². The van der Waals surface area contributed by atoms with Gasteiger partial charge in [0, 0.05) is 41.9 Å². The monoisotopic (exact) mass is 616 g/mol. The van der Waals surface area contributed by atoms with Gasteiger partial charge >= 0.3 is 12.1 Å². The number of nitrogens with zero attached hydrogens (tertiary/aromatic N) is 3. The van der Waals surface area contributed by atoms with Crippen molar-refractivity contribution in [2.45, 2.75) is 62.2 Å². The molecule has 5 atom stereocenters. The number of carbonyl (C=O) groups excluding carboxylic acids is 2. The Kier molecular flexibility index (Phi) is 9.65. The summed E-state index contributed by atoms with van der Waals surface area (Å²) in [4.78, 5) is 34.0. The van der Waals surface area contributed by atoms with Gasteiger partial charge in [-0.25, -0.2) is 9.97 Å². The molecule has 3 heterocycles. The van der Waals surface area contributed by atoms with Crippen LogP contribution < -0.4 is 5.32 Å². The Bertz CT molecular complexity index is 1410. The molecular weight excluding hydrogens is 585 g/mol. The number of benzene rings is 2. The summed E-state index contributed by atoms with van der Waals surface area (Å²) < 4.78 is 52.0. The summed E-state index contributed by atoms with van der Waals surface area (Å²) in [7, 11) is 0. The van der Waals surface area contributed by atoms with Crippen molar-refractivity contribution in [2.24, 2.45) is 5.92 Å². The van der Waals surface area contributed by atoms with Crippen molar-refractivity contribution in [1.82, 2.24) is 14.9 Å². The molecule has 2 saturated heterocycles. The van der Waals surface area contributed by atoms with Crippen LogP contribution in [0.3, 0.4) is 0 Å². The third kappa shape index (κ3) is 7.35. The zero-order valence-corrected chi connectivity index (χ0v) is 24.1. The van der Waals surface area contributed by atoms with E-state index in [1.54, 1.807) is 42.7 Å². The van der Waals surface area contributed by atoms with E-state index < -0.39 is 30.3 Å². The fourth-order valence-electron chi connectivity index (χ4n) is 5.26. The molecule has 0 unspecified atom stereocenters. The van der Waals surface area contributed by atoms with Crippen LogP contribution >= 0.6 is 11.8 Å². The van der Waals surface area contributed by atoms with Crippen molar-refractivity contribution >= 4 is 29.3 Å². The van der Waals surface area contributed by atoms with Gasteiger partial charge in [-0.1, -0.05) is 55.1 Å². The second-order valence-electron chi connectivity index (χ2n) is 10.4. The molecule has 2 aromatic carbocycles. The largest absolute Gasteiger partial charge is 0.471 e. The maximum atomic E-state index is 13.1. The average Bonchev–Trinajstić information content (AvgIpc) is 3.50. The standard InChI is InChI=1S/C30H31F3N4O5S/c1-18-24(17-43-29-34-12-4-13-35-29)41-27(42-25(18)20-10-8-19(16-38)9-11-20)21-5-2-6-22(15-21)36-26(39)23-7-3-14-37(23)28(40)30(31,32)33/h2,4-6,8-13,15,18,23-25,27,38H,3,7,14,16-17H2,1H3,(H,36,39)/t18-,23-,24+,25+,27+/m0/s1. The number of likely N-dealkylation sites (tertiary alicyclic amines) is 1. The van der Waals surface area contributed by atoms with E-state index in [-0.39, 0.29) is 37.7 Å². The molecule has 13 heteroatoms. The number of thioether (sulfide) groups is 1. The van der Waals surface area contributed by atoms with Crippen molar-refractivity contribution in [1.29, 1.82) is 0 Å². The van der Waals surface area contributed by atoms with Crippen molar-refractivity contribution in [2.75, 3.05) is 17.6 Å². The lowest BCUT2D eigenvalue weighted by atomic mass is 9.91. The lowest BCUT2D eigenvalue weighted by molar-refractivity contribution is -0.268. The van der Waals surface area contributed by atoms with Gasteiger partial charge in [0.25, 0.3) is 0 Å². The van der Waals surface area contributed by atoms with E-state index in [0.29, 0.717) is 33.5 Å². The second kappa shape index (κ2) is 13.4. The number of hydrogen-bond acceptors (Lipinski definition) is 8. The van der Waals surface area contributed by atoms with Crippen molar-refractivity contribution < 1.29 is 37.3 Å². The predicted molar refractivity (Wildman–Crippen MR) is 152 cm³/mol. The van der Waals surface area contributed by atoms with E-state index in [0.717, 1.165) is 11.1 Å². The van der Waals surface area contributed by atoms with Crippen molar-refractivity contribution in [3.05, 3.63) is 83.7 Å². The number of aliphatic hydroxyl groups excluding tert-OH is 1. The molecule has 1 aromatic heterocycles. The molecule has 2 amide bonds. The van der Waals surface area contributed by atoms with E-state index in [4.69, 9.17) is 9.47 Å². The zero-order chi connectivity index (χ0) is 30.6. The first kappa shape index (κ1) is 30.9. The average molecular weight is 617 g/mol. The molecule has 5 rings (SSSR count). The molecule has 2 fully saturated rings. The molecule has 0 bridgehead atoms. The summed E-state index contributed by atoms with van der Waals surface area (Å²) >= 11 is 1.46. The Hall–Kier alpha value is -3.52. The van der Waals surface area contributed by atoms with E-state index in [1.807, 2.05) is 31.2 Å². The lowest BCUT2D eigenvalue weighted by Crippen LogP contribution is -2.48. The molecule has 0 spiro atoms. The maximum Gasteiger partial charge on any atom is 0.471 e. The van der Waals surface area contributed by atoms with Crippen molar-refractivity contribution in [3.8, 4) is 0 Å². The van der Waals surface area contributed by atoms with E-state index in [2.05, 4.69) is 15.3 Å². The molecule has 3 aromatic rings. The SMILES string of the molecule is C[C@H]1[C@@H](CSc2ncccn2)O[C@@H](c2cccc(NC(=O)[C@@H]3CCCN3C(=O)C(F)(F)F)c2)O[C@H]1c1ccc(CO)cc1. The third-order valence-electron chi connectivity index (χ3n) is 7.53. The normalized spacial score (nSPS) is 24.1. The molecule has 0 saturated carbocycles. The van der Waals surface area contributed by atoms with E-state index in [9.17, 15) is 27.9 Å². The molecule has 228 valence electrons. The van der Waals surface area contributed by atoms with Crippen LogP contribution in [0.2, 0.25) is 0 Å². The summed E-state index contributed by atoms with van der Waals surface area (Å²) in [6, 6.07) is 14.8. The van der Waals surface area contributed by atoms with Gasteiger partial charge in [0.15, 0.2) is 11.4 Å². The molecule has 9 nitrogen and oxygen atoms in total. The highest BCUT2D eigenvalue weighted by Crippen LogP contribution is 2.43. The number of anilines is 1. The smallest absolute Gasteiger partial charge is 0.392 e. The molecule has 43 heavy (non-hydrogen) atoms. The van der Waals surface area contributed by atoms with Gasteiger partial charge in [0.1, 0.15) is 6.04 Å². The first-order chi connectivity index (χ1) is 20.6. The van der Waals surface area contributed by atoms with Crippen LogP contribution in [0.15, 0.2) is 72.1 Å². The quantitative estimate of drug-likeness (QED) is 0.267. The number of aromatic nitrogens is 2. The molecule has 2 aliphatic rings. The summed E-state index contributed by atoms with van der Waals surface area (Å²) in [5.41, 5.74) is 2.62. The van der Waals surface area contributed by atoms with Gasteiger partial charge < -0.3 is 24.8 Å². The van der Waals surface area contributed by atoms with Crippen molar-refractivity contribution in [3.63, 3.8) is 0 Å². The van der Waals surface area contributed by atoms with Gasteiger partial charge in [0.2, 0.25) is 5.91 Å².